The van der Waals surface area contributed by atoms with Crippen molar-refractivity contribution < 1.29 is 14.7 Å². The van der Waals surface area contributed by atoms with Crippen LogP contribution in [-0.2, 0) is 4.79 Å². The van der Waals surface area contributed by atoms with Gasteiger partial charge in [0.15, 0.2) is 0 Å². The molecule has 1 saturated carbocycles. The van der Waals surface area contributed by atoms with E-state index in [1.165, 1.54) is 0 Å². The highest BCUT2D eigenvalue weighted by molar-refractivity contribution is 6.31. The largest absolute Gasteiger partial charge is 0.481 e. The predicted molar refractivity (Wildman–Crippen MR) is 77.1 cm³/mol. The summed E-state index contributed by atoms with van der Waals surface area (Å²) in [5, 5.41) is 9.34. The Balaban J connectivity index is 2.10. The second-order valence-corrected chi connectivity index (χ2v) is 5.71. The summed E-state index contributed by atoms with van der Waals surface area (Å²) in [6.07, 6.45) is 2.20. The van der Waals surface area contributed by atoms with Crippen LogP contribution in [0.5, 0.6) is 0 Å². The van der Waals surface area contributed by atoms with Gasteiger partial charge in [-0.1, -0.05) is 17.7 Å². The molecular weight excluding hydrogens is 278 g/mol. The molecule has 4 nitrogen and oxygen atoms in total. The number of amides is 1. The highest BCUT2D eigenvalue weighted by Gasteiger charge is 2.27. The Labute approximate surface area is 123 Å². The van der Waals surface area contributed by atoms with Crippen molar-refractivity contribution in [1.82, 2.24) is 4.90 Å². The third-order valence-corrected chi connectivity index (χ3v) is 3.88. The summed E-state index contributed by atoms with van der Waals surface area (Å²) in [6.45, 7) is 2.76. The molecule has 0 aliphatic heterocycles. The molecular formula is C15H18ClNO3. The Morgan fingerprint density at radius 2 is 2.10 bits per heavy atom. The monoisotopic (exact) mass is 295 g/mol. The molecule has 0 atom stereocenters. The normalized spacial score (nSPS) is 14.1. The molecule has 1 N–H and O–H groups in total. The lowest BCUT2D eigenvalue weighted by molar-refractivity contribution is -0.137. The van der Waals surface area contributed by atoms with E-state index in [2.05, 4.69) is 0 Å². The molecule has 0 bridgehead atoms. The molecule has 0 spiro atoms. The van der Waals surface area contributed by atoms with Crippen LogP contribution < -0.4 is 0 Å². The van der Waals surface area contributed by atoms with Crippen LogP contribution in [0, 0.1) is 12.8 Å². The van der Waals surface area contributed by atoms with Crippen LogP contribution in [0.2, 0.25) is 5.02 Å². The summed E-state index contributed by atoms with van der Waals surface area (Å²) < 4.78 is 0. The fraction of sp³-hybridized carbons (Fsp3) is 0.467. The van der Waals surface area contributed by atoms with Gasteiger partial charge in [0.1, 0.15) is 0 Å². The number of carbonyl (C=O) groups is 2. The molecule has 0 unspecified atom stereocenters. The molecule has 2 rings (SSSR count). The summed E-state index contributed by atoms with van der Waals surface area (Å²) in [5.74, 6) is -0.505. The van der Waals surface area contributed by atoms with Gasteiger partial charge in [0, 0.05) is 23.7 Å². The molecule has 20 heavy (non-hydrogen) atoms. The smallest absolute Gasteiger partial charge is 0.305 e. The molecule has 1 amide bonds. The summed E-state index contributed by atoms with van der Waals surface area (Å²) >= 11 is 6.04. The zero-order valence-electron chi connectivity index (χ0n) is 11.4. The Kier molecular flexibility index (Phi) is 4.65. The molecule has 5 heteroatoms. The molecule has 1 aliphatic rings. The van der Waals surface area contributed by atoms with E-state index in [0.29, 0.717) is 23.0 Å². The maximum Gasteiger partial charge on any atom is 0.305 e. The first kappa shape index (κ1) is 14.9. The van der Waals surface area contributed by atoms with Gasteiger partial charge in [0.2, 0.25) is 0 Å². The maximum atomic E-state index is 12.5. The topological polar surface area (TPSA) is 57.6 Å². The minimum Gasteiger partial charge on any atom is -0.481 e. The van der Waals surface area contributed by atoms with Gasteiger partial charge in [0.05, 0.1) is 6.42 Å². The Morgan fingerprint density at radius 3 is 2.65 bits per heavy atom. The number of hydrogen-bond acceptors (Lipinski definition) is 2. The van der Waals surface area contributed by atoms with Gasteiger partial charge in [-0.2, -0.15) is 0 Å². The van der Waals surface area contributed by atoms with Crippen molar-refractivity contribution in [2.24, 2.45) is 5.92 Å². The molecule has 0 saturated heterocycles. The number of nitrogens with zero attached hydrogens (tertiary/aromatic N) is 1. The van der Waals surface area contributed by atoms with Crippen molar-refractivity contribution in [3.8, 4) is 0 Å². The second kappa shape index (κ2) is 6.27. The van der Waals surface area contributed by atoms with Crippen molar-refractivity contribution in [2.75, 3.05) is 13.1 Å². The lowest BCUT2D eigenvalue weighted by Crippen LogP contribution is -2.34. The molecule has 108 valence electrons. The maximum absolute atomic E-state index is 12.5. The van der Waals surface area contributed by atoms with Crippen LogP contribution in [0.25, 0.3) is 0 Å². The van der Waals surface area contributed by atoms with Crippen LogP contribution in [0.3, 0.4) is 0 Å². The van der Waals surface area contributed by atoms with E-state index in [-0.39, 0.29) is 18.9 Å². The SMILES string of the molecule is Cc1ccc(C(=O)N(CCC(=O)O)CC2CC2)cc1Cl. The number of benzene rings is 1. The number of halogens is 1. The summed E-state index contributed by atoms with van der Waals surface area (Å²) in [6, 6.07) is 5.20. The van der Waals surface area contributed by atoms with E-state index < -0.39 is 5.97 Å². The average molecular weight is 296 g/mol. The minimum absolute atomic E-state index is 0.0297. The second-order valence-electron chi connectivity index (χ2n) is 5.30. The van der Waals surface area contributed by atoms with E-state index >= 15 is 0 Å². The quantitative estimate of drug-likeness (QED) is 0.878. The number of hydrogen-bond donors (Lipinski definition) is 1. The number of aryl methyl sites for hydroxylation is 1. The van der Waals surface area contributed by atoms with E-state index in [0.717, 1.165) is 18.4 Å². The zero-order chi connectivity index (χ0) is 14.7. The minimum atomic E-state index is -0.888. The average Bonchev–Trinajstić information content (AvgIpc) is 3.20. The van der Waals surface area contributed by atoms with E-state index in [1.807, 2.05) is 13.0 Å². The predicted octanol–water partition coefficient (Wildman–Crippen LogP) is 2.98. The number of rotatable bonds is 6. The fourth-order valence-electron chi connectivity index (χ4n) is 2.03. The summed E-state index contributed by atoms with van der Waals surface area (Å²) in [7, 11) is 0. The zero-order valence-corrected chi connectivity index (χ0v) is 12.2. The summed E-state index contributed by atoms with van der Waals surface area (Å²) in [5.41, 5.74) is 1.44. The van der Waals surface area contributed by atoms with Gasteiger partial charge < -0.3 is 10.0 Å². The summed E-state index contributed by atoms with van der Waals surface area (Å²) in [4.78, 5) is 24.8. The van der Waals surface area contributed by atoms with Crippen molar-refractivity contribution >= 4 is 23.5 Å². The highest BCUT2D eigenvalue weighted by Crippen LogP contribution is 2.30. The van der Waals surface area contributed by atoms with Crippen molar-refractivity contribution in [2.45, 2.75) is 26.2 Å². The third kappa shape index (κ3) is 3.97. The molecule has 0 heterocycles. The number of carboxylic acid groups (broad SMARTS) is 1. The number of carboxylic acids is 1. The molecule has 1 fully saturated rings. The van der Waals surface area contributed by atoms with Gasteiger partial charge in [-0.15, -0.1) is 0 Å². The Morgan fingerprint density at radius 1 is 1.40 bits per heavy atom. The molecule has 1 aromatic rings. The Hall–Kier alpha value is -1.55. The van der Waals surface area contributed by atoms with Crippen LogP contribution in [-0.4, -0.2) is 35.0 Å². The molecule has 1 aromatic carbocycles. The lowest BCUT2D eigenvalue weighted by atomic mass is 10.1. The van der Waals surface area contributed by atoms with E-state index in [9.17, 15) is 9.59 Å². The Bertz CT molecular complexity index is 526. The standard InChI is InChI=1S/C15H18ClNO3/c1-10-2-5-12(8-13(10)16)15(20)17(7-6-14(18)19)9-11-3-4-11/h2,5,8,11H,3-4,6-7,9H2,1H3,(H,18,19). The molecule has 0 radical (unpaired) electrons. The van der Waals surface area contributed by atoms with Crippen LogP contribution >= 0.6 is 11.6 Å². The van der Waals surface area contributed by atoms with E-state index in [4.69, 9.17) is 16.7 Å². The van der Waals surface area contributed by atoms with Crippen LogP contribution in [0.4, 0.5) is 0 Å². The van der Waals surface area contributed by atoms with Gasteiger partial charge in [-0.05, 0) is 43.4 Å². The van der Waals surface area contributed by atoms with E-state index in [1.54, 1.807) is 17.0 Å². The first-order chi connectivity index (χ1) is 9.47. The van der Waals surface area contributed by atoms with Gasteiger partial charge >= 0.3 is 5.97 Å². The number of carbonyl (C=O) groups excluding carboxylic acids is 1. The van der Waals surface area contributed by atoms with Crippen molar-refractivity contribution in [3.05, 3.63) is 34.3 Å². The first-order valence-electron chi connectivity index (χ1n) is 6.74. The van der Waals surface area contributed by atoms with Crippen molar-refractivity contribution in [3.63, 3.8) is 0 Å². The fourth-order valence-corrected chi connectivity index (χ4v) is 2.21. The van der Waals surface area contributed by atoms with Crippen LogP contribution in [0.15, 0.2) is 18.2 Å². The van der Waals surface area contributed by atoms with Crippen molar-refractivity contribution in [1.29, 1.82) is 0 Å². The lowest BCUT2D eigenvalue weighted by Gasteiger charge is -2.22. The number of aliphatic carboxylic acids is 1. The highest BCUT2D eigenvalue weighted by atomic mass is 35.5. The van der Waals surface area contributed by atoms with Gasteiger partial charge in [-0.25, -0.2) is 0 Å². The van der Waals surface area contributed by atoms with Gasteiger partial charge in [0.25, 0.3) is 5.91 Å². The van der Waals surface area contributed by atoms with Crippen LogP contribution in [0.1, 0.15) is 35.2 Å². The first-order valence-corrected chi connectivity index (χ1v) is 7.12. The van der Waals surface area contributed by atoms with Gasteiger partial charge in [-0.3, -0.25) is 9.59 Å². The molecule has 0 aromatic heterocycles. The third-order valence-electron chi connectivity index (χ3n) is 3.48. The molecule has 1 aliphatic carbocycles.